The Labute approximate surface area is 154 Å². The molecule has 0 spiro atoms. The molecule has 0 saturated carbocycles. The summed E-state index contributed by atoms with van der Waals surface area (Å²) in [6.45, 7) is -0.235. The highest BCUT2D eigenvalue weighted by Gasteiger charge is 2.14. The summed E-state index contributed by atoms with van der Waals surface area (Å²) in [5, 5.41) is 3.90. The van der Waals surface area contributed by atoms with Crippen molar-refractivity contribution < 1.29 is 19.1 Å². The van der Waals surface area contributed by atoms with E-state index in [9.17, 15) is 9.59 Å². The number of carbonyl (C=O) groups excluding carboxylic acids is 2. The Morgan fingerprint density at radius 1 is 1.12 bits per heavy atom. The molecule has 3 rings (SSSR count). The van der Waals surface area contributed by atoms with Crippen LogP contribution in [0.25, 0.3) is 10.9 Å². The number of pyridine rings is 1. The number of hydrogen-bond acceptors (Lipinski definition) is 5. The zero-order chi connectivity index (χ0) is 18.5. The number of nitrogens with one attached hydrogen (secondary N) is 1. The molecule has 0 atom stereocenters. The number of methoxy groups -OCH3 is 1. The lowest BCUT2D eigenvalue weighted by Crippen LogP contribution is -2.20. The van der Waals surface area contributed by atoms with Crippen molar-refractivity contribution in [2.75, 3.05) is 19.0 Å². The monoisotopic (exact) mass is 370 g/mol. The number of rotatable bonds is 5. The lowest BCUT2D eigenvalue weighted by atomic mass is 10.2. The molecule has 1 N–H and O–H groups in total. The Balaban J connectivity index is 1.79. The third kappa shape index (κ3) is 4.10. The fraction of sp³-hybridized carbons (Fsp3) is 0.105. The minimum absolute atomic E-state index is 0.108. The molecule has 3 aromatic rings. The van der Waals surface area contributed by atoms with Crippen molar-refractivity contribution in [1.82, 2.24) is 4.98 Å². The molecular formula is C19H15ClN2O4. The van der Waals surface area contributed by atoms with Crippen LogP contribution < -0.4 is 10.1 Å². The number of amides is 1. The van der Waals surface area contributed by atoms with E-state index in [0.29, 0.717) is 27.4 Å². The first-order valence-electron chi connectivity index (χ1n) is 7.73. The maximum absolute atomic E-state index is 12.1. The third-order valence-electron chi connectivity index (χ3n) is 3.54. The van der Waals surface area contributed by atoms with Gasteiger partial charge in [-0.1, -0.05) is 29.8 Å². The number of benzene rings is 2. The first kappa shape index (κ1) is 17.7. The SMILES string of the molecule is COC(=O)c1cc(OCC(=O)Nc2cccc(Cl)c2)c2ccccc2n1. The number of nitrogens with zero attached hydrogens (tertiary/aromatic N) is 1. The standard InChI is InChI=1S/C19H15ClN2O4/c1-25-19(24)16-10-17(14-7-2-3-8-15(14)22-16)26-11-18(23)21-13-6-4-5-12(20)9-13/h2-10H,11H2,1H3,(H,21,23). The van der Waals surface area contributed by atoms with Gasteiger partial charge in [-0.05, 0) is 30.3 Å². The maximum atomic E-state index is 12.1. The van der Waals surface area contributed by atoms with Gasteiger partial charge in [0.2, 0.25) is 0 Å². The largest absolute Gasteiger partial charge is 0.483 e. The van der Waals surface area contributed by atoms with Crippen LogP contribution in [-0.4, -0.2) is 30.6 Å². The van der Waals surface area contributed by atoms with Crippen molar-refractivity contribution in [3.05, 3.63) is 65.3 Å². The average Bonchev–Trinajstić information content (AvgIpc) is 2.65. The summed E-state index contributed by atoms with van der Waals surface area (Å²) in [5.74, 6) is -0.561. The van der Waals surface area contributed by atoms with Gasteiger partial charge in [0.05, 0.1) is 12.6 Å². The highest BCUT2D eigenvalue weighted by Crippen LogP contribution is 2.26. The molecule has 0 saturated heterocycles. The number of halogens is 1. The van der Waals surface area contributed by atoms with Gasteiger partial charge in [0.25, 0.3) is 5.91 Å². The second-order valence-electron chi connectivity index (χ2n) is 5.36. The number of hydrogen-bond donors (Lipinski definition) is 1. The number of aromatic nitrogens is 1. The second-order valence-corrected chi connectivity index (χ2v) is 5.80. The van der Waals surface area contributed by atoms with Crippen molar-refractivity contribution in [3.8, 4) is 5.75 Å². The summed E-state index contributed by atoms with van der Waals surface area (Å²) in [7, 11) is 1.28. The maximum Gasteiger partial charge on any atom is 0.356 e. The van der Waals surface area contributed by atoms with Gasteiger partial charge in [0.15, 0.2) is 12.3 Å². The molecule has 1 amide bonds. The lowest BCUT2D eigenvalue weighted by molar-refractivity contribution is -0.118. The molecule has 6 nitrogen and oxygen atoms in total. The van der Waals surface area contributed by atoms with E-state index in [0.717, 1.165) is 0 Å². The molecule has 0 aliphatic carbocycles. The van der Waals surface area contributed by atoms with Crippen molar-refractivity contribution in [3.63, 3.8) is 0 Å². The first-order chi connectivity index (χ1) is 12.6. The topological polar surface area (TPSA) is 77.5 Å². The van der Waals surface area contributed by atoms with Crippen molar-refractivity contribution >= 4 is 40.1 Å². The van der Waals surface area contributed by atoms with Gasteiger partial charge in [0, 0.05) is 22.2 Å². The van der Waals surface area contributed by atoms with Crippen LogP contribution in [0, 0.1) is 0 Å². The van der Waals surface area contributed by atoms with E-state index in [4.69, 9.17) is 21.1 Å². The molecule has 132 valence electrons. The summed E-state index contributed by atoms with van der Waals surface area (Å²) < 4.78 is 10.3. The quantitative estimate of drug-likeness (QED) is 0.693. The molecule has 26 heavy (non-hydrogen) atoms. The van der Waals surface area contributed by atoms with Crippen LogP contribution in [0.2, 0.25) is 5.02 Å². The van der Waals surface area contributed by atoms with Crippen LogP contribution in [0.5, 0.6) is 5.75 Å². The highest BCUT2D eigenvalue weighted by atomic mass is 35.5. The lowest BCUT2D eigenvalue weighted by Gasteiger charge is -2.11. The summed E-state index contributed by atoms with van der Waals surface area (Å²) in [6, 6.07) is 15.4. The molecule has 0 aliphatic heterocycles. The van der Waals surface area contributed by atoms with Gasteiger partial charge < -0.3 is 14.8 Å². The molecule has 0 aliphatic rings. The van der Waals surface area contributed by atoms with Crippen LogP contribution in [0.3, 0.4) is 0 Å². The Morgan fingerprint density at radius 3 is 2.69 bits per heavy atom. The van der Waals surface area contributed by atoms with Gasteiger partial charge >= 0.3 is 5.97 Å². The van der Waals surface area contributed by atoms with E-state index in [1.165, 1.54) is 13.2 Å². The van der Waals surface area contributed by atoms with Crippen LogP contribution in [-0.2, 0) is 9.53 Å². The van der Waals surface area contributed by atoms with Crippen molar-refractivity contribution in [2.45, 2.75) is 0 Å². The van der Waals surface area contributed by atoms with Crippen LogP contribution in [0.15, 0.2) is 54.6 Å². The normalized spacial score (nSPS) is 10.4. The Bertz CT molecular complexity index is 975. The molecule has 0 unspecified atom stereocenters. The summed E-state index contributed by atoms with van der Waals surface area (Å²) in [4.78, 5) is 28.2. The van der Waals surface area contributed by atoms with Gasteiger partial charge in [-0.2, -0.15) is 0 Å². The Morgan fingerprint density at radius 2 is 1.92 bits per heavy atom. The number of para-hydroxylation sites is 1. The average molecular weight is 371 g/mol. The van der Waals surface area contributed by atoms with Gasteiger partial charge in [0.1, 0.15) is 5.75 Å². The number of ether oxygens (including phenoxy) is 2. The third-order valence-corrected chi connectivity index (χ3v) is 3.77. The minimum atomic E-state index is -0.580. The smallest absolute Gasteiger partial charge is 0.356 e. The number of anilines is 1. The molecule has 2 aromatic carbocycles. The van der Waals surface area contributed by atoms with E-state index >= 15 is 0 Å². The Kier molecular flexibility index (Phi) is 5.34. The van der Waals surface area contributed by atoms with E-state index < -0.39 is 5.97 Å². The molecule has 1 aromatic heterocycles. The van der Waals surface area contributed by atoms with Crippen LogP contribution in [0.1, 0.15) is 10.5 Å². The zero-order valence-corrected chi connectivity index (χ0v) is 14.6. The van der Waals surface area contributed by atoms with Gasteiger partial charge in [-0.3, -0.25) is 4.79 Å². The Hall–Kier alpha value is -3.12. The molecule has 0 bridgehead atoms. The van der Waals surface area contributed by atoms with E-state index in [1.54, 1.807) is 42.5 Å². The molecular weight excluding hydrogens is 356 g/mol. The van der Waals surface area contributed by atoms with Crippen LogP contribution >= 0.6 is 11.6 Å². The summed E-state index contributed by atoms with van der Waals surface area (Å²) in [5.41, 5.74) is 1.25. The highest BCUT2D eigenvalue weighted by molar-refractivity contribution is 6.30. The molecule has 0 fully saturated rings. The fourth-order valence-electron chi connectivity index (χ4n) is 2.38. The van der Waals surface area contributed by atoms with E-state index in [-0.39, 0.29) is 18.2 Å². The number of esters is 1. The molecule has 1 heterocycles. The minimum Gasteiger partial charge on any atom is -0.483 e. The second kappa shape index (κ2) is 7.84. The first-order valence-corrected chi connectivity index (χ1v) is 8.11. The molecule has 7 heteroatoms. The van der Waals surface area contributed by atoms with Crippen molar-refractivity contribution in [2.24, 2.45) is 0 Å². The summed E-state index contributed by atoms with van der Waals surface area (Å²) in [6.07, 6.45) is 0. The predicted octanol–water partition coefficient (Wildman–Crippen LogP) is 3.69. The van der Waals surface area contributed by atoms with Crippen molar-refractivity contribution in [1.29, 1.82) is 0 Å². The zero-order valence-electron chi connectivity index (χ0n) is 13.9. The predicted molar refractivity (Wildman–Crippen MR) is 98.7 cm³/mol. The van der Waals surface area contributed by atoms with Crippen LogP contribution in [0.4, 0.5) is 5.69 Å². The number of carbonyl (C=O) groups is 2. The van der Waals surface area contributed by atoms with Gasteiger partial charge in [-0.25, -0.2) is 9.78 Å². The fourth-order valence-corrected chi connectivity index (χ4v) is 2.57. The summed E-state index contributed by atoms with van der Waals surface area (Å²) >= 11 is 5.89. The van der Waals surface area contributed by atoms with Gasteiger partial charge in [-0.15, -0.1) is 0 Å². The molecule has 0 radical (unpaired) electrons. The number of fused-ring (bicyclic) bond motifs is 1. The van der Waals surface area contributed by atoms with E-state index in [1.807, 2.05) is 6.07 Å². The van der Waals surface area contributed by atoms with E-state index in [2.05, 4.69) is 10.3 Å².